The molecule has 0 saturated carbocycles. The molecule has 8 nitrogen and oxygen atoms in total. The number of carbonyl (C=O) groups is 4. The molecule has 0 unspecified atom stereocenters. The zero-order chi connectivity index (χ0) is 34.1. The number of nitrogens with zero attached hydrogens (tertiary/aromatic N) is 3. The van der Waals surface area contributed by atoms with Crippen LogP contribution in [-0.2, 0) is 6.42 Å². The van der Waals surface area contributed by atoms with Crippen LogP contribution in [0.4, 0.5) is 11.4 Å². The van der Waals surface area contributed by atoms with E-state index in [-0.39, 0.29) is 23.1 Å². The lowest BCUT2D eigenvalue weighted by molar-refractivity contribution is 0.0650. The third kappa shape index (κ3) is 4.28. The molecule has 0 saturated heterocycles. The molecule has 0 radical (unpaired) electrons. The largest absolute Gasteiger partial charge is 0.331 e. The fourth-order valence-corrected chi connectivity index (χ4v) is 7.22. The number of benzene rings is 7. The van der Waals surface area contributed by atoms with E-state index in [9.17, 15) is 24.4 Å². The standard InChI is InChI=1S/C41H24N4O4/c1-21-4-5-22(17-25(21)19-42)16-23-6-15-33(34(18-23)43-2)44-39(47)30-12-9-27-29-11-14-32-38-31(40(48)45(3)41(32)49)13-10-28(37(29)38)26-8-7-24(20-46)35(30)36(26)27/h4-15,17-18,20H,16H2,1,3H3,(H,44,47). The molecule has 0 spiro atoms. The van der Waals surface area contributed by atoms with E-state index in [4.69, 9.17) is 6.57 Å². The minimum Gasteiger partial charge on any atom is -0.331 e. The molecule has 8 heteroatoms. The molecule has 0 fully saturated rings. The molecule has 7 aromatic rings. The molecule has 1 N–H and O–H groups in total. The topological polar surface area (TPSA) is 112 Å². The van der Waals surface area contributed by atoms with Crippen molar-refractivity contribution in [3.63, 3.8) is 0 Å². The summed E-state index contributed by atoms with van der Waals surface area (Å²) in [6.07, 6.45) is 1.24. The summed E-state index contributed by atoms with van der Waals surface area (Å²) in [4.78, 5) is 57.5. The number of hydrogen-bond acceptors (Lipinski definition) is 5. The van der Waals surface area contributed by atoms with Crippen LogP contribution in [0.5, 0.6) is 0 Å². The van der Waals surface area contributed by atoms with Gasteiger partial charge in [0.15, 0.2) is 6.29 Å². The summed E-state index contributed by atoms with van der Waals surface area (Å²) in [5, 5.41) is 18.1. The van der Waals surface area contributed by atoms with E-state index in [1.54, 1.807) is 36.4 Å². The van der Waals surface area contributed by atoms with Crippen molar-refractivity contribution in [1.82, 2.24) is 4.90 Å². The average Bonchev–Trinajstić information content (AvgIpc) is 3.12. The van der Waals surface area contributed by atoms with E-state index in [0.29, 0.717) is 50.5 Å². The third-order valence-electron chi connectivity index (χ3n) is 9.64. The van der Waals surface area contributed by atoms with Crippen LogP contribution in [0.25, 0.3) is 47.9 Å². The number of hydrogen-bond donors (Lipinski definition) is 1. The van der Waals surface area contributed by atoms with Gasteiger partial charge in [-0.05, 0) is 87.1 Å². The lowest BCUT2D eigenvalue weighted by Crippen LogP contribution is -2.36. The van der Waals surface area contributed by atoms with Crippen molar-refractivity contribution in [3.05, 3.63) is 141 Å². The fourth-order valence-electron chi connectivity index (χ4n) is 7.22. The zero-order valence-electron chi connectivity index (χ0n) is 26.3. The lowest BCUT2D eigenvalue weighted by Gasteiger charge is -2.26. The van der Waals surface area contributed by atoms with Gasteiger partial charge in [0, 0.05) is 45.8 Å². The summed E-state index contributed by atoms with van der Waals surface area (Å²) in [5.41, 5.74) is 5.40. The second-order valence-electron chi connectivity index (χ2n) is 12.3. The third-order valence-corrected chi connectivity index (χ3v) is 9.64. The minimum atomic E-state index is -0.475. The van der Waals surface area contributed by atoms with Gasteiger partial charge in [0.2, 0.25) is 5.69 Å². The normalized spacial score (nSPS) is 12.5. The Morgan fingerprint density at radius 3 is 2.04 bits per heavy atom. The maximum atomic E-state index is 14.0. The smallest absolute Gasteiger partial charge is 0.261 e. The summed E-state index contributed by atoms with van der Waals surface area (Å²) in [6.45, 7) is 9.72. The van der Waals surface area contributed by atoms with Crippen molar-refractivity contribution in [3.8, 4) is 6.07 Å². The highest BCUT2D eigenvalue weighted by atomic mass is 16.2. The van der Waals surface area contributed by atoms with Gasteiger partial charge in [-0.2, -0.15) is 5.26 Å². The second kappa shape index (κ2) is 10.8. The number of imide groups is 1. The maximum Gasteiger partial charge on any atom is 0.261 e. The first-order valence-corrected chi connectivity index (χ1v) is 15.5. The van der Waals surface area contributed by atoms with E-state index < -0.39 is 5.91 Å². The highest BCUT2D eigenvalue weighted by molar-refractivity contribution is 6.40. The molecule has 1 aliphatic heterocycles. The molecule has 0 atom stereocenters. The minimum absolute atomic E-state index is 0.264. The first-order chi connectivity index (χ1) is 23.7. The molecule has 232 valence electrons. The van der Waals surface area contributed by atoms with Gasteiger partial charge in [0.25, 0.3) is 17.7 Å². The number of anilines is 1. The van der Waals surface area contributed by atoms with Crippen LogP contribution in [0.1, 0.15) is 63.7 Å². The Bertz CT molecular complexity index is 2680. The van der Waals surface area contributed by atoms with Crippen LogP contribution < -0.4 is 5.32 Å². The van der Waals surface area contributed by atoms with Crippen molar-refractivity contribution in [1.29, 1.82) is 5.26 Å². The molecule has 1 heterocycles. The monoisotopic (exact) mass is 636 g/mol. The number of nitriles is 1. The fraction of sp³-hybridized carbons (Fsp3) is 0.0732. The number of aryl methyl sites for hydroxylation is 1. The predicted octanol–water partition coefficient (Wildman–Crippen LogP) is 8.35. The average molecular weight is 637 g/mol. The van der Waals surface area contributed by atoms with Crippen molar-refractivity contribution in [2.75, 3.05) is 12.4 Å². The summed E-state index contributed by atoms with van der Waals surface area (Å²) < 4.78 is 0. The van der Waals surface area contributed by atoms with Gasteiger partial charge in [-0.15, -0.1) is 0 Å². The number of fused-ring (bicyclic) bond motifs is 2. The van der Waals surface area contributed by atoms with Crippen LogP contribution in [0.2, 0.25) is 0 Å². The van der Waals surface area contributed by atoms with E-state index in [0.717, 1.165) is 54.8 Å². The van der Waals surface area contributed by atoms with Gasteiger partial charge < -0.3 is 5.32 Å². The summed E-state index contributed by atoms with van der Waals surface area (Å²) in [7, 11) is 1.48. The number of aldehydes is 1. The van der Waals surface area contributed by atoms with E-state index in [2.05, 4.69) is 16.2 Å². The van der Waals surface area contributed by atoms with Crippen molar-refractivity contribution in [2.24, 2.45) is 0 Å². The molecule has 0 aliphatic carbocycles. The number of nitrogens with one attached hydrogen (secondary N) is 1. The Labute approximate surface area is 279 Å². The van der Waals surface area contributed by atoms with Gasteiger partial charge in [-0.3, -0.25) is 24.1 Å². The Kier molecular flexibility index (Phi) is 6.52. The van der Waals surface area contributed by atoms with Crippen LogP contribution >= 0.6 is 0 Å². The molecule has 3 amide bonds. The maximum absolute atomic E-state index is 14.0. The SMILES string of the molecule is [C-]#[N+]c1cc(Cc2ccc(C)c(C#N)c2)ccc1NC(=O)c1ccc2c3ccc4c5c(ccc(c6ccc(C=O)c1c62)c53)C(=O)N(C)C4=O. The van der Waals surface area contributed by atoms with Crippen molar-refractivity contribution >= 4 is 78.5 Å². The lowest BCUT2D eigenvalue weighted by atomic mass is 9.83. The molecule has 0 aromatic heterocycles. The quantitative estimate of drug-likeness (QED) is 0.0671. The van der Waals surface area contributed by atoms with Crippen LogP contribution in [0.3, 0.4) is 0 Å². The molecule has 1 aliphatic rings. The molecule has 49 heavy (non-hydrogen) atoms. The Hall–Kier alpha value is -6.90. The molecular formula is C41H24N4O4. The van der Waals surface area contributed by atoms with Crippen molar-refractivity contribution in [2.45, 2.75) is 13.3 Å². The Morgan fingerprint density at radius 2 is 1.41 bits per heavy atom. The first kappa shape index (κ1) is 29.5. The molecule has 0 bridgehead atoms. The highest BCUT2D eigenvalue weighted by Gasteiger charge is 2.32. The first-order valence-electron chi connectivity index (χ1n) is 15.5. The number of carbonyl (C=O) groups excluding carboxylic acids is 4. The van der Waals surface area contributed by atoms with E-state index >= 15 is 0 Å². The predicted molar refractivity (Wildman–Crippen MR) is 189 cm³/mol. The number of rotatable bonds is 5. The Balaban J connectivity index is 1.25. The van der Waals surface area contributed by atoms with Gasteiger partial charge in [-0.25, -0.2) is 4.85 Å². The molecule has 7 aromatic carbocycles. The van der Waals surface area contributed by atoms with E-state index in [1.165, 1.54) is 7.05 Å². The van der Waals surface area contributed by atoms with Crippen LogP contribution in [0, 0.1) is 24.8 Å². The Morgan fingerprint density at radius 1 is 0.816 bits per heavy atom. The summed E-state index contributed by atoms with van der Waals surface area (Å²) in [5.74, 6) is -1.21. The second-order valence-corrected chi connectivity index (χ2v) is 12.3. The highest BCUT2D eigenvalue weighted by Crippen LogP contribution is 2.45. The van der Waals surface area contributed by atoms with Gasteiger partial charge in [0.05, 0.1) is 18.2 Å². The van der Waals surface area contributed by atoms with Crippen LogP contribution in [0.15, 0.2) is 84.9 Å². The van der Waals surface area contributed by atoms with Crippen LogP contribution in [-0.4, -0.2) is 36.0 Å². The summed E-state index contributed by atoms with van der Waals surface area (Å²) in [6, 6.07) is 27.4. The number of amides is 3. The molecular weight excluding hydrogens is 612 g/mol. The van der Waals surface area contributed by atoms with E-state index in [1.807, 2.05) is 55.5 Å². The van der Waals surface area contributed by atoms with Gasteiger partial charge in [0.1, 0.15) is 0 Å². The van der Waals surface area contributed by atoms with Crippen molar-refractivity contribution < 1.29 is 19.2 Å². The van der Waals surface area contributed by atoms with Gasteiger partial charge >= 0.3 is 0 Å². The summed E-state index contributed by atoms with van der Waals surface area (Å²) >= 11 is 0. The van der Waals surface area contributed by atoms with Gasteiger partial charge in [-0.1, -0.05) is 60.2 Å². The molecule has 8 rings (SSSR count). The zero-order valence-corrected chi connectivity index (χ0v) is 26.3.